The predicted octanol–water partition coefficient (Wildman–Crippen LogP) is 3.66. The standard InChI is InChI=1S/C11H17NS2/c13-9-5-1-2-6-10-14-11-7-3-4-8-12-11/h3-4,7-8,13H,1-2,5-6,9-10H2. The average Bonchev–Trinajstić information content (AvgIpc) is 2.25. The molecule has 1 rings (SSSR count). The maximum absolute atomic E-state index is 4.26. The molecule has 0 aliphatic heterocycles. The van der Waals surface area contributed by atoms with Crippen LogP contribution in [0.25, 0.3) is 0 Å². The van der Waals surface area contributed by atoms with Gasteiger partial charge in [0.05, 0.1) is 5.03 Å². The highest BCUT2D eigenvalue weighted by Crippen LogP contribution is 2.16. The van der Waals surface area contributed by atoms with Gasteiger partial charge in [-0.2, -0.15) is 12.6 Å². The summed E-state index contributed by atoms with van der Waals surface area (Å²) in [5.41, 5.74) is 0. The van der Waals surface area contributed by atoms with Crippen molar-refractivity contribution in [3.63, 3.8) is 0 Å². The third-order valence-corrected chi connectivity index (χ3v) is 3.29. The van der Waals surface area contributed by atoms with Crippen LogP contribution in [0.1, 0.15) is 25.7 Å². The number of nitrogens with zero attached hydrogens (tertiary/aromatic N) is 1. The summed E-state index contributed by atoms with van der Waals surface area (Å²) in [4.78, 5) is 4.26. The minimum Gasteiger partial charge on any atom is -0.250 e. The molecule has 0 spiro atoms. The molecule has 0 saturated carbocycles. The molecule has 1 aromatic rings. The zero-order chi connectivity index (χ0) is 10.1. The van der Waals surface area contributed by atoms with Crippen LogP contribution in [0.2, 0.25) is 0 Å². The SMILES string of the molecule is SCCCCCCSc1ccccn1. The van der Waals surface area contributed by atoms with Gasteiger partial charge in [-0.3, -0.25) is 0 Å². The second-order valence-corrected chi connectivity index (χ2v) is 4.72. The van der Waals surface area contributed by atoms with E-state index in [0.29, 0.717) is 0 Å². The zero-order valence-electron chi connectivity index (χ0n) is 8.35. The minimum atomic E-state index is 1.02. The van der Waals surface area contributed by atoms with Crippen LogP contribution in [0.3, 0.4) is 0 Å². The fourth-order valence-electron chi connectivity index (χ4n) is 1.18. The van der Waals surface area contributed by atoms with Gasteiger partial charge in [-0.25, -0.2) is 4.98 Å². The van der Waals surface area contributed by atoms with Crippen molar-refractivity contribution in [2.24, 2.45) is 0 Å². The number of thioether (sulfide) groups is 1. The molecular weight excluding hydrogens is 210 g/mol. The molecule has 3 heteroatoms. The average molecular weight is 227 g/mol. The fraction of sp³-hybridized carbons (Fsp3) is 0.545. The van der Waals surface area contributed by atoms with Crippen LogP contribution in [0.4, 0.5) is 0 Å². The first kappa shape index (κ1) is 11.9. The predicted molar refractivity (Wildman–Crippen MR) is 67.3 cm³/mol. The lowest BCUT2D eigenvalue weighted by molar-refractivity contribution is 0.712. The van der Waals surface area contributed by atoms with Gasteiger partial charge in [0.2, 0.25) is 0 Å². The van der Waals surface area contributed by atoms with Crippen LogP contribution in [-0.2, 0) is 0 Å². The van der Waals surface area contributed by atoms with E-state index < -0.39 is 0 Å². The Kier molecular flexibility index (Phi) is 6.97. The Bertz CT molecular complexity index is 226. The summed E-state index contributed by atoms with van der Waals surface area (Å²) in [6.07, 6.45) is 7.02. The number of aromatic nitrogens is 1. The van der Waals surface area contributed by atoms with E-state index in [2.05, 4.69) is 23.7 Å². The Labute approximate surface area is 96.1 Å². The number of unbranched alkanes of at least 4 members (excludes halogenated alkanes) is 3. The highest BCUT2D eigenvalue weighted by atomic mass is 32.2. The van der Waals surface area contributed by atoms with E-state index in [1.807, 2.05) is 30.1 Å². The normalized spacial score (nSPS) is 10.4. The lowest BCUT2D eigenvalue weighted by atomic mass is 10.2. The molecule has 0 aromatic carbocycles. The summed E-state index contributed by atoms with van der Waals surface area (Å²) in [5, 5.41) is 1.14. The number of rotatable bonds is 7. The second-order valence-electron chi connectivity index (χ2n) is 3.15. The summed E-state index contributed by atoms with van der Waals surface area (Å²) >= 11 is 6.04. The first-order valence-corrected chi connectivity index (χ1v) is 6.70. The lowest BCUT2D eigenvalue weighted by Gasteiger charge is -2.00. The first-order chi connectivity index (χ1) is 6.93. The quantitative estimate of drug-likeness (QED) is 0.434. The molecule has 78 valence electrons. The molecule has 0 amide bonds. The number of hydrogen-bond donors (Lipinski definition) is 1. The fourth-order valence-corrected chi connectivity index (χ4v) is 2.27. The molecule has 1 nitrogen and oxygen atoms in total. The first-order valence-electron chi connectivity index (χ1n) is 5.08. The molecule has 0 saturated heterocycles. The molecule has 0 fully saturated rings. The van der Waals surface area contributed by atoms with Crippen molar-refractivity contribution in [1.82, 2.24) is 4.98 Å². The van der Waals surface area contributed by atoms with E-state index in [1.165, 1.54) is 31.4 Å². The Hall–Kier alpha value is -0.150. The van der Waals surface area contributed by atoms with Gasteiger partial charge in [-0.1, -0.05) is 18.9 Å². The minimum absolute atomic E-state index is 1.02. The van der Waals surface area contributed by atoms with Gasteiger partial charge in [-0.15, -0.1) is 11.8 Å². The molecule has 0 radical (unpaired) electrons. The van der Waals surface area contributed by atoms with Crippen molar-refractivity contribution in [2.75, 3.05) is 11.5 Å². The van der Waals surface area contributed by atoms with Gasteiger partial charge in [0.1, 0.15) is 0 Å². The third kappa shape index (κ3) is 5.55. The van der Waals surface area contributed by atoms with Gasteiger partial charge in [0.15, 0.2) is 0 Å². The maximum Gasteiger partial charge on any atom is 0.0959 e. The summed E-state index contributed by atoms with van der Waals surface area (Å²) in [6, 6.07) is 6.06. The van der Waals surface area contributed by atoms with Crippen LogP contribution < -0.4 is 0 Å². The monoisotopic (exact) mass is 227 g/mol. The van der Waals surface area contributed by atoms with E-state index in [-0.39, 0.29) is 0 Å². The zero-order valence-corrected chi connectivity index (χ0v) is 10.1. The number of pyridine rings is 1. The molecule has 1 aromatic heterocycles. The van der Waals surface area contributed by atoms with Gasteiger partial charge in [0, 0.05) is 6.20 Å². The molecule has 0 atom stereocenters. The van der Waals surface area contributed by atoms with Crippen LogP contribution in [0, 0.1) is 0 Å². The van der Waals surface area contributed by atoms with Gasteiger partial charge < -0.3 is 0 Å². The van der Waals surface area contributed by atoms with E-state index in [0.717, 1.165) is 10.8 Å². The van der Waals surface area contributed by atoms with E-state index >= 15 is 0 Å². The van der Waals surface area contributed by atoms with Crippen LogP contribution in [0.5, 0.6) is 0 Å². The Balaban J connectivity index is 1.99. The van der Waals surface area contributed by atoms with Gasteiger partial charge in [-0.05, 0) is 36.5 Å². The van der Waals surface area contributed by atoms with Crippen LogP contribution in [-0.4, -0.2) is 16.5 Å². The lowest BCUT2D eigenvalue weighted by Crippen LogP contribution is -1.84. The highest BCUT2D eigenvalue weighted by molar-refractivity contribution is 7.99. The van der Waals surface area contributed by atoms with Crippen LogP contribution in [0.15, 0.2) is 29.4 Å². The van der Waals surface area contributed by atoms with Crippen molar-refractivity contribution in [3.05, 3.63) is 24.4 Å². The van der Waals surface area contributed by atoms with Gasteiger partial charge in [0.25, 0.3) is 0 Å². The Morgan fingerprint density at radius 3 is 2.71 bits per heavy atom. The maximum atomic E-state index is 4.26. The molecule has 0 aliphatic carbocycles. The van der Waals surface area contributed by atoms with E-state index in [9.17, 15) is 0 Å². The molecular formula is C11H17NS2. The number of hydrogen-bond acceptors (Lipinski definition) is 3. The molecule has 0 bridgehead atoms. The molecule has 0 unspecified atom stereocenters. The third-order valence-electron chi connectivity index (χ3n) is 1.94. The van der Waals surface area contributed by atoms with E-state index in [1.54, 1.807) is 0 Å². The summed E-state index contributed by atoms with van der Waals surface area (Å²) in [7, 11) is 0. The Morgan fingerprint density at radius 1 is 1.14 bits per heavy atom. The van der Waals surface area contributed by atoms with Crippen molar-refractivity contribution in [3.8, 4) is 0 Å². The topological polar surface area (TPSA) is 12.9 Å². The largest absolute Gasteiger partial charge is 0.250 e. The summed E-state index contributed by atoms with van der Waals surface area (Å²) < 4.78 is 0. The molecule has 0 aliphatic rings. The summed E-state index contributed by atoms with van der Waals surface area (Å²) in [5.74, 6) is 2.21. The van der Waals surface area contributed by atoms with E-state index in [4.69, 9.17) is 0 Å². The van der Waals surface area contributed by atoms with Gasteiger partial charge >= 0.3 is 0 Å². The summed E-state index contributed by atoms with van der Waals surface area (Å²) in [6.45, 7) is 0. The molecule has 0 N–H and O–H groups in total. The molecule has 1 heterocycles. The van der Waals surface area contributed by atoms with Crippen molar-refractivity contribution >= 4 is 24.4 Å². The second kappa shape index (κ2) is 8.18. The van der Waals surface area contributed by atoms with Crippen molar-refractivity contribution in [1.29, 1.82) is 0 Å². The number of thiol groups is 1. The van der Waals surface area contributed by atoms with Crippen LogP contribution >= 0.6 is 24.4 Å². The van der Waals surface area contributed by atoms with Crippen molar-refractivity contribution in [2.45, 2.75) is 30.7 Å². The Morgan fingerprint density at radius 2 is 2.00 bits per heavy atom. The van der Waals surface area contributed by atoms with Crippen molar-refractivity contribution < 1.29 is 0 Å². The molecule has 14 heavy (non-hydrogen) atoms. The smallest absolute Gasteiger partial charge is 0.0959 e. The highest BCUT2D eigenvalue weighted by Gasteiger charge is 1.93.